The van der Waals surface area contributed by atoms with Crippen LogP contribution in [0.3, 0.4) is 0 Å². The molecule has 1 saturated heterocycles. The summed E-state index contributed by atoms with van der Waals surface area (Å²) in [5, 5.41) is 5.46. The quantitative estimate of drug-likeness (QED) is 0.694. The second-order valence-corrected chi connectivity index (χ2v) is 8.72. The molecule has 142 valence electrons. The van der Waals surface area contributed by atoms with E-state index in [1.54, 1.807) is 0 Å². The zero-order valence-corrected chi connectivity index (χ0v) is 16.6. The maximum absolute atomic E-state index is 12.1. The van der Waals surface area contributed by atoms with Gasteiger partial charge in [-0.25, -0.2) is 9.97 Å². The number of likely N-dealkylation sites (tertiary alicyclic amines) is 1. The van der Waals surface area contributed by atoms with Crippen LogP contribution in [-0.4, -0.2) is 35.6 Å². The number of hydrogen-bond donors (Lipinski definition) is 0. The van der Waals surface area contributed by atoms with Crippen molar-refractivity contribution in [1.82, 2.24) is 29.0 Å². The largest absolute Gasteiger partial charge is 0.334 e. The molecule has 27 heavy (non-hydrogen) atoms. The van der Waals surface area contributed by atoms with E-state index < -0.39 is 0 Å². The number of aromatic nitrogens is 5. The van der Waals surface area contributed by atoms with Crippen molar-refractivity contribution < 1.29 is 0 Å². The molecule has 1 aliphatic heterocycles. The third-order valence-electron chi connectivity index (χ3n) is 5.82. The van der Waals surface area contributed by atoms with E-state index in [1.807, 2.05) is 6.92 Å². The van der Waals surface area contributed by atoms with Gasteiger partial charge in [0.25, 0.3) is 5.56 Å². The summed E-state index contributed by atoms with van der Waals surface area (Å²) in [7, 11) is 2.17. The molecule has 1 fully saturated rings. The Morgan fingerprint density at radius 3 is 2.93 bits per heavy atom. The van der Waals surface area contributed by atoms with Crippen molar-refractivity contribution in [2.24, 2.45) is 7.05 Å². The van der Waals surface area contributed by atoms with Crippen LogP contribution in [0.5, 0.6) is 0 Å². The molecular weight excluding hydrogens is 360 g/mol. The molecule has 4 heterocycles. The molecule has 2 aliphatic rings. The lowest BCUT2D eigenvalue weighted by Gasteiger charge is -2.23. The normalized spacial score (nSPS) is 20.4. The summed E-state index contributed by atoms with van der Waals surface area (Å²) < 4.78 is 3.77. The van der Waals surface area contributed by atoms with Crippen LogP contribution in [0.2, 0.25) is 0 Å². The molecular formula is C19H24N6OS. The molecule has 0 amide bonds. The van der Waals surface area contributed by atoms with E-state index >= 15 is 0 Å². The molecule has 3 aromatic heterocycles. The standard InChI is InChI=1S/C19H24N6OS/c1-12-10-17(26)25-19(20-12)27-16(22-25)11-24-9-5-8-15(24)18-21-13-6-3-4-7-14(13)23(18)2/h10,15H,3-9,11H2,1-2H3/t15-/m0/s1. The molecule has 0 saturated carbocycles. The summed E-state index contributed by atoms with van der Waals surface area (Å²) in [4.78, 5) is 24.8. The Morgan fingerprint density at radius 2 is 2.07 bits per heavy atom. The van der Waals surface area contributed by atoms with Gasteiger partial charge >= 0.3 is 0 Å². The summed E-state index contributed by atoms with van der Waals surface area (Å²) in [6.07, 6.45) is 7.09. The van der Waals surface area contributed by atoms with Crippen molar-refractivity contribution in [1.29, 1.82) is 0 Å². The predicted molar refractivity (Wildman–Crippen MR) is 104 cm³/mol. The van der Waals surface area contributed by atoms with Crippen LogP contribution in [0.1, 0.15) is 59.6 Å². The fourth-order valence-electron chi connectivity index (χ4n) is 4.51. The summed E-state index contributed by atoms with van der Waals surface area (Å²) >= 11 is 1.51. The fourth-order valence-corrected chi connectivity index (χ4v) is 5.48. The molecule has 0 bridgehead atoms. The third kappa shape index (κ3) is 2.91. The Labute approximate surface area is 161 Å². The summed E-state index contributed by atoms with van der Waals surface area (Å²) in [5.74, 6) is 1.20. The first-order chi connectivity index (χ1) is 13.1. The van der Waals surface area contributed by atoms with E-state index in [0.717, 1.165) is 43.1 Å². The molecule has 7 nitrogen and oxygen atoms in total. The van der Waals surface area contributed by atoms with Gasteiger partial charge < -0.3 is 4.57 Å². The van der Waals surface area contributed by atoms with Crippen LogP contribution in [0.25, 0.3) is 4.96 Å². The van der Waals surface area contributed by atoms with Crippen LogP contribution >= 0.6 is 11.3 Å². The molecule has 0 aromatic carbocycles. The molecule has 8 heteroatoms. The molecule has 0 N–H and O–H groups in total. The molecule has 1 atom stereocenters. The Kier molecular flexibility index (Phi) is 4.12. The van der Waals surface area contributed by atoms with Crippen LogP contribution < -0.4 is 5.56 Å². The minimum atomic E-state index is -0.102. The minimum absolute atomic E-state index is 0.102. The smallest absolute Gasteiger partial charge is 0.275 e. The zero-order valence-electron chi connectivity index (χ0n) is 15.8. The minimum Gasteiger partial charge on any atom is -0.334 e. The first kappa shape index (κ1) is 17.1. The highest BCUT2D eigenvalue weighted by Gasteiger charge is 2.32. The summed E-state index contributed by atoms with van der Waals surface area (Å²) in [6.45, 7) is 3.63. The van der Waals surface area contributed by atoms with Gasteiger partial charge in [0.15, 0.2) is 0 Å². The number of fused-ring (bicyclic) bond motifs is 2. The Morgan fingerprint density at radius 1 is 1.22 bits per heavy atom. The van der Waals surface area contributed by atoms with Gasteiger partial charge in [0.2, 0.25) is 4.96 Å². The van der Waals surface area contributed by atoms with E-state index in [0.29, 0.717) is 11.0 Å². The molecule has 0 radical (unpaired) electrons. The number of rotatable bonds is 3. The Hall–Kier alpha value is -2.06. The Balaban J connectivity index is 1.45. The van der Waals surface area contributed by atoms with Gasteiger partial charge in [-0.1, -0.05) is 11.3 Å². The van der Waals surface area contributed by atoms with Crippen molar-refractivity contribution in [2.45, 2.75) is 58.0 Å². The van der Waals surface area contributed by atoms with Crippen LogP contribution in [0.4, 0.5) is 0 Å². The van der Waals surface area contributed by atoms with Crippen molar-refractivity contribution in [2.75, 3.05) is 6.54 Å². The first-order valence-corrected chi connectivity index (χ1v) is 10.6. The highest BCUT2D eigenvalue weighted by molar-refractivity contribution is 7.16. The van der Waals surface area contributed by atoms with Gasteiger partial charge in [-0.3, -0.25) is 9.69 Å². The maximum atomic E-state index is 12.1. The number of nitrogens with zero attached hydrogens (tertiary/aromatic N) is 6. The second-order valence-electron chi connectivity index (χ2n) is 7.68. The lowest BCUT2D eigenvalue weighted by molar-refractivity contribution is 0.235. The molecule has 0 unspecified atom stereocenters. The highest BCUT2D eigenvalue weighted by Crippen LogP contribution is 2.35. The van der Waals surface area contributed by atoms with Crippen LogP contribution in [-0.2, 0) is 26.4 Å². The van der Waals surface area contributed by atoms with E-state index in [4.69, 9.17) is 4.98 Å². The van der Waals surface area contributed by atoms with Crippen molar-refractivity contribution in [3.8, 4) is 0 Å². The average molecular weight is 385 g/mol. The van der Waals surface area contributed by atoms with E-state index in [9.17, 15) is 4.79 Å². The lowest BCUT2D eigenvalue weighted by Crippen LogP contribution is -2.25. The Bertz CT molecular complexity index is 1060. The van der Waals surface area contributed by atoms with E-state index in [2.05, 4.69) is 26.6 Å². The first-order valence-electron chi connectivity index (χ1n) is 9.75. The van der Waals surface area contributed by atoms with Crippen molar-refractivity contribution in [3.05, 3.63) is 44.3 Å². The van der Waals surface area contributed by atoms with E-state index in [1.165, 1.54) is 58.4 Å². The van der Waals surface area contributed by atoms with Gasteiger partial charge in [0.1, 0.15) is 10.8 Å². The number of hydrogen-bond acceptors (Lipinski definition) is 6. The zero-order chi connectivity index (χ0) is 18.5. The molecule has 0 spiro atoms. The van der Waals surface area contributed by atoms with Gasteiger partial charge in [0, 0.05) is 24.5 Å². The van der Waals surface area contributed by atoms with Gasteiger partial charge in [-0.15, -0.1) is 0 Å². The molecule has 1 aliphatic carbocycles. The molecule has 3 aromatic rings. The van der Waals surface area contributed by atoms with E-state index in [-0.39, 0.29) is 5.56 Å². The third-order valence-corrected chi connectivity index (χ3v) is 6.72. The fraction of sp³-hybridized carbons (Fsp3) is 0.579. The highest BCUT2D eigenvalue weighted by atomic mass is 32.1. The van der Waals surface area contributed by atoms with Crippen molar-refractivity contribution in [3.63, 3.8) is 0 Å². The SMILES string of the molecule is Cc1cc(=O)n2nc(CN3CCC[C@H]3c3nc4c(n3C)CCCC4)sc2n1. The maximum Gasteiger partial charge on any atom is 0.275 e. The number of imidazole rings is 1. The second kappa shape index (κ2) is 6.53. The molecule has 5 rings (SSSR count). The van der Waals surface area contributed by atoms with Gasteiger partial charge in [0.05, 0.1) is 18.3 Å². The number of aryl methyl sites for hydroxylation is 2. The van der Waals surface area contributed by atoms with Crippen LogP contribution in [0, 0.1) is 6.92 Å². The van der Waals surface area contributed by atoms with Crippen molar-refractivity contribution >= 4 is 16.3 Å². The lowest BCUT2D eigenvalue weighted by atomic mass is 10.0. The van der Waals surface area contributed by atoms with Crippen LogP contribution in [0.15, 0.2) is 10.9 Å². The van der Waals surface area contributed by atoms with Gasteiger partial charge in [-0.05, 0) is 52.0 Å². The summed E-state index contributed by atoms with van der Waals surface area (Å²) in [5.41, 5.74) is 3.37. The predicted octanol–water partition coefficient (Wildman–Crippen LogP) is 2.41. The topological polar surface area (TPSA) is 68.3 Å². The summed E-state index contributed by atoms with van der Waals surface area (Å²) in [6, 6.07) is 1.87. The van der Waals surface area contributed by atoms with Gasteiger partial charge in [-0.2, -0.15) is 9.61 Å². The average Bonchev–Trinajstić information content (AvgIpc) is 3.33. The monoisotopic (exact) mass is 384 g/mol.